The highest BCUT2D eigenvalue weighted by molar-refractivity contribution is 7.15. The quantitative estimate of drug-likeness (QED) is 0.0895. The molecule has 0 spiro atoms. The number of halogens is 2. The number of piperidine rings is 2. The lowest BCUT2D eigenvalue weighted by atomic mass is 9.89. The van der Waals surface area contributed by atoms with Crippen LogP contribution in [-0.2, 0) is 41.9 Å². The van der Waals surface area contributed by atoms with E-state index in [1.807, 2.05) is 48.2 Å². The Morgan fingerprint density at radius 1 is 0.866 bits per heavy atom. The molecular weight excluding hydrogens is 1090 g/mol. The van der Waals surface area contributed by atoms with Gasteiger partial charge in [0.15, 0.2) is 5.82 Å². The number of likely N-dealkylation sites (tertiary alicyclic amines) is 2. The van der Waals surface area contributed by atoms with Crippen molar-refractivity contribution < 1.29 is 38.3 Å². The number of hydrogen-bond donors (Lipinski definition) is 3. The van der Waals surface area contributed by atoms with Gasteiger partial charge in [0.2, 0.25) is 23.6 Å². The number of aryl methyl sites for hydroxylation is 2. The summed E-state index contributed by atoms with van der Waals surface area (Å²) in [5, 5.41) is 34.4. The predicted octanol–water partition coefficient (Wildman–Crippen LogP) is 7.54. The molecule has 6 aliphatic rings. The summed E-state index contributed by atoms with van der Waals surface area (Å²) in [6.07, 6.45) is 10.2. The predicted molar refractivity (Wildman–Crippen MR) is 311 cm³/mol. The van der Waals surface area contributed by atoms with E-state index >= 15 is 4.39 Å². The van der Waals surface area contributed by atoms with Crippen molar-refractivity contribution in [3.05, 3.63) is 111 Å². The first-order valence-electron chi connectivity index (χ1n) is 28.1. The molecule has 4 bridgehead atoms. The van der Waals surface area contributed by atoms with Crippen molar-refractivity contribution in [3.63, 3.8) is 0 Å². The second-order valence-electron chi connectivity index (χ2n) is 21.9. The number of carbonyl (C=O) groups excluding carboxylic acids is 5. The summed E-state index contributed by atoms with van der Waals surface area (Å²) >= 11 is 7.80. The lowest BCUT2D eigenvalue weighted by Gasteiger charge is -2.36. The van der Waals surface area contributed by atoms with Crippen LogP contribution < -0.4 is 15.2 Å². The fraction of sp³-hybridized carbons (Fsp3) is 0.441. The van der Waals surface area contributed by atoms with E-state index in [1.165, 1.54) is 34.9 Å². The second-order valence-corrected chi connectivity index (χ2v) is 23.5. The first-order valence-corrected chi connectivity index (χ1v) is 29.3. The highest BCUT2D eigenvalue weighted by Crippen LogP contribution is 2.42. The van der Waals surface area contributed by atoms with Gasteiger partial charge in [0.05, 0.1) is 29.7 Å². The van der Waals surface area contributed by atoms with Crippen molar-refractivity contribution in [2.24, 2.45) is 16.8 Å². The molecule has 7 aromatic rings. The molecule has 23 heteroatoms. The summed E-state index contributed by atoms with van der Waals surface area (Å²) in [7, 11) is 0. The zero-order valence-electron chi connectivity index (χ0n) is 46.8. The maximum Gasteiger partial charge on any atom is 0.327 e. The van der Waals surface area contributed by atoms with Gasteiger partial charge in [-0.15, -0.1) is 31.2 Å². The molecule has 0 radical (unpaired) electrons. The highest BCUT2D eigenvalue weighted by Gasteiger charge is 2.41. The van der Waals surface area contributed by atoms with Crippen LogP contribution in [0, 0.1) is 38.4 Å². The number of quaternary nitrogens is 1. The summed E-state index contributed by atoms with van der Waals surface area (Å²) in [6, 6.07) is 16.4. The van der Waals surface area contributed by atoms with Crippen molar-refractivity contribution in [1.29, 1.82) is 0 Å². The summed E-state index contributed by atoms with van der Waals surface area (Å²) in [5.74, 6) is 0.431. The number of carboxylic acid groups (broad SMARTS) is 1. The van der Waals surface area contributed by atoms with E-state index in [-0.39, 0.29) is 35.4 Å². The Morgan fingerprint density at radius 2 is 1.60 bits per heavy atom. The van der Waals surface area contributed by atoms with Crippen LogP contribution in [0.1, 0.15) is 110 Å². The molecule has 10 heterocycles. The van der Waals surface area contributed by atoms with Crippen LogP contribution in [0.3, 0.4) is 0 Å². The number of benzene rings is 3. The topological polar surface area (TPSA) is 232 Å². The Labute approximate surface area is 482 Å². The molecule has 4 aromatic heterocycles. The summed E-state index contributed by atoms with van der Waals surface area (Å²) in [4.78, 5) is 83.3. The normalized spacial score (nSPS) is 19.3. The van der Waals surface area contributed by atoms with Gasteiger partial charge in [0, 0.05) is 95.1 Å². The number of thiophene rings is 1. The summed E-state index contributed by atoms with van der Waals surface area (Å²) in [5.41, 5.74) is 7.53. The maximum atomic E-state index is 15.5. The van der Waals surface area contributed by atoms with Crippen molar-refractivity contribution in [1.82, 2.24) is 59.5 Å². The van der Waals surface area contributed by atoms with Crippen LogP contribution in [0.2, 0.25) is 5.02 Å². The Bertz CT molecular complexity index is 3630. The molecule has 1 unspecified atom stereocenters. The molecule has 3 fully saturated rings. The van der Waals surface area contributed by atoms with E-state index in [4.69, 9.17) is 26.8 Å². The first-order chi connectivity index (χ1) is 39.5. The van der Waals surface area contributed by atoms with Gasteiger partial charge in [-0.25, -0.2) is 9.18 Å². The molecule has 3 saturated heterocycles. The van der Waals surface area contributed by atoms with Gasteiger partial charge in [-0.3, -0.25) is 38.2 Å². The van der Waals surface area contributed by atoms with Crippen LogP contribution in [0.4, 0.5) is 4.39 Å². The third kappa shape index (κ3) is 11.7. The van der Waals surface area contributed by atoms with Gasteiger partial charge >= 0.3 is 12.4 Å². The van der Waals surface area contributed by atoms with E-state index in [2.05, 4.69) is 56.2 Å². The number of rotatable bonds is 10. The summed E-state index contributed by atoms with van der Waals surface area (Å²) in [6.45, 7) is 13.9. The molecule has 6 aliphatic heterocycles. The average molecular weight is 1160 g/mol. The number of aliphatic imine (C=N–C) groups is 1. The molecule has 20 nitrogen and oxygen atoms in total. The van der Waals surface area contributed by atoms with Crippen LogP contribution in [0.25, 0.3) is 37.9 Å². The molecule has 430 valence electrons. The zero-order chi connectivity index (χ0) is 58.0. The Kier molecular flexibility index (Phi) is 17.1. The molecule has 0 aliphatic carbocycles. The molecule has 3 N–H and O–H groups in total. The number of carboxylic acids is 1. The van der Waals surface area contributed by atoms with Gasteiger partial charge in [-0.1, -0.05) is 54.0 Å². The largest absolute Gasteiger partial charge is 0.480 e. The molecule has 82 heavy (non-hydrogen) atoms. The highest BCUT2D eigenvalue weighted by atomic mass is 35.5. The van der Waals surface area contributed by atoms with Crippen LogP contribution in [-0.4, -0.2) is 143 Å². The van der Waals surface area contributed by atoms with Gasteiger partial charge in [-0.05, 0) is 100 Å². The minimum Gasteiger partial charge on any atom is -0.480 e. The fourth-order valence-corrected chi connectivity index (χ4v) is 13.4. The number of aromatic nitrogens is 7. The zero-order valence-corrected chi connectivity index (χ0v) is 48.4. The minimum atomic E-state index is -1.19. The molecule has 3 aromatic carbocycles. The van der Waals surface area contributed by atoms with Crippen LogP contribution in [0.15, 0.2) is 65.8 Å². The van der Waals surface area contributed by atoms with Gasteiger partial charge in [0.1, 0.15) is 54.9 Å². The number of nitrogens with one attached hydrogen (secondary N) is 2. The van der Waals surface area contributed by atoms with Crippen molar-refractivity contribution in [3.8, 4) is 16.1 Å². The van der Waals surface area contributed by atoms with E-state index < -0.39 is 30.1 Å². The van der Waals surface area contributed by atoms with Crippen molar-refractivity contribution >= 4 is 86.5 Å². The number of amides is 5. The van der Waals surface area contributed by atoms with E-state index in [9.17, 15) is 28.8 Å². The fourth-order valence-electron chi connectivity index (χ4n) is 12.1. The lowest BCUT2D eigenvalue weighted by molar-refractivity contribution is -0.140. The smallest absolute Gasteiger partial charge is 0.327 e. The van der Waals surface area contributed by atoms with Crippen LogP contribution >= 0.6 is 22.9 Å². The molecule has 5 amide bonds. The Balaban J connectivity index is 0.000000149. The third-order valence-electron chi connectivity index (χ3n) is 16.8. The lowest BCUT2D eigenvalue weighted by Crippen LogP contribution is -2.61. The van der Waals surface area contributed by atoms with E-state index in [0.29, 0.717) is 65.9 Å². The Hall–Kier alpha value is -7.69. The number of fused-ring (bicyclic) bond motifs is 5. The number of aliphatic carboxylic acids is 1. The molecule has 0 saturated carbocycles. The molecular formula is C59H68ClFN13O7S+. The number of nitrogens with zero attached hydrogens (tertiary/aromatic N) is 11. The minimum absolute atomic E-state index is 0.0163. The van der Waals surface area contributed by atoms with Crippen molar-refractivity contribution in [2.75, 3.05) is 52.4 Å². The first kappa shape index (κ1) is 57.5. The monoisotopic (exact) mass is 1160 g/mol. The van der Waals surface area contributed by atoms with E-state index in [1.54, 1.807) is 46.1 Å². The number of carbonyl (C=O) groups is 6. The SMILES string of the molecule is CCC1CCCN(C(=O)C2CCN(C(C)=O)CC2)CC1.Cc1sc2c(c1C)C(c1ccc(Cl)cc1)=NCc1nnc(C)n1-2.O=C[N+]12CCC(CC1)c1nn(CC(=O)NCC(=O)NCC(=O)O)c3cccc(c13)-c1cc3c(cnn32)cc1F. The molecule has 1 atom stereocenters. The van der Waals surface area contributed by atoms with E-state index in [0.717, 1.165) is 108 Å². The summed E-state index contributed by atoms with van der Waals surface area (Å²) < 4.78 is 19.2. The average Bonchev–Trinajstić information content (AvgIpc) is 2.71. The van der Waals surface area contributed by atoms with Gasteiger partial charge < -0.3 is 25.5 Å². The number of hydrogen-bond acceptors (Lipinski definition) is 12. The second kappa shape index (κ2) is 24.4. The Morgan fingerprint density at radius 3 is 2.30 bits per heavy atom. The third-order valence-corrected chi connectivity index (χ3v) is 18.3. The van der Waals surface area contributed by atoms with Crippen LogP contribution in [0.5, 0.6) is 0 Å². The van der Waals surface area contributed by atoms with Gasteiger partial charge in [0.25, 0.3) is 0 Å². The van der Waals surface area contributed by atoms with Crippen molar-refractivity contribution in [2.45, 2.75) is 105 Å². The molecule has 13 rings (SSSR count). The standard InChI is InChI=1S/C26H24FN7O5.C17H15ClN4S.C16H28N2O2/c27-19-8-16-10-30-33-21(16)9-18(19)17-2-1-3-20-25(17)26(15-4-6-34(33,14-35)7-5-15)31-32(20)13-23(37)28-11-22(36)29-12-24(38)39;1-9-10(2)23-17-15(9)16(12-4-6-13(18)7-5-12)19-8-14-21-20-11(3)22(14)17;1-3-14-5-4-9-18(10-6-14)16(20)15-7-11-17(12-8-15)13(2)19/h1-3,8-10,14-15H,4-7,11-13H2,(H2-,28,29,36,37,38,39);4-7H,8H2,1-3H3;14-15H,3-12H2,1-2H3/p+1. The van der Waals surface area contributed by atoms with Gasteiger partial charge in [-0.2, -0.15) is 5.10 Å². The maximum absolute atomic E-state index is 15.5.